The first kappa shape index (κ1) is 22.5. The number of piperidine rings is 1. The maximum absolute atomic E-state index is 13.2. The molecule has 1 aliphatic heterocycles. The van der Waals surface area contributed by atoms with E-state index < -0.39 is 0 Å². The lowest BCUT2D eigenvalue weighted by molar-refractivity contribution is 0.102. The predicted octanol–water partition coefficient (Wildman–Crippen LogP) is 5.89. The fourth-order valence-corrected chi connectivity index (χ4v) is 5.45. The van der Waals surface area contributed by atoms with Gasteiger partial charge in [-0.1, -0.05) is 35.6 Å². The van der Waals surface area contributed by atoms with Gasteiger partial charge in [0.15, 0.2) is 5.13 Å². The molecule has 0 aliphatic carbocycles. The van der Waals surface area contributed by atoms with Crippen LogP contribution in [0, 0.1) is 5.82 Å². The van der Waals surface area contributed by atoms with E-state index in [4.69, 9.17) is 4.98 Å². The van der Waals surface area contributed by atoms with Crippen LogP contribution in [0.15, 0.2) is 66.7 Å². The first-order valence-electron chi connectivity index (χ1n) is 11.5. The van der Waals surface area contributed by atoms with Gasteiger partial charge in [-0.15, -0.1) is 0 Å². The Bertz CT molecular complexity index is 1300. The van der Waals surface area contributed by atoms with Crippen molar-refractivity contribution in [1.82, 2.24) is 9.88 Å². The van der Waals surface area contributed by atoms with Gasteiger partial charge in [0.05, 0.1) is 10.2 Å². The summed E-state index contributed by atoms with van der Waals surface area (Å²) in [6.07, 6.45) is 2.38. The highest BCUT2D eigenvalue weighted by Crippen LogP contribution is 2.32. The zero-order valence-corrected chi connectivity index (χ0v) is 20.1. The fourth-order valence-electron chi connectivity index (χ4n) is 4.41. The van der Waals surface area contributed by atoms with Gasteiger partial charge in [0, 0.05) is 30.9 Å². The molecule has 1 unspecified atom stereocenters. The molecule has 174 valence electrons. The van der Waals surface area contributed by atoms with Gasteiger partial charge in [-0.2, -0.15) is 0 Å². The number of halogens is 1. The molecular weight excluding hydrogens is 447 g/mol. The molecule has 1 fully saturated rings. The van der Waals surface area contributed by atoms with Gasteiger partial charge in [0.2, 0.25) is 0 Å². The van der Waals surface area contributed by atoms with Gasteiger partial charge in [-0.3, -0.25) is 4.79 Å². The molecule has 0 radical (unpaired) electrons. The van der Waals surface area contributed by atoms with E-state index in [1.54, 1.807) is 35.6 Å². The summed E-state index contributed by atoms with van der Waals surface area (Å²) in [7, 11) is 4.30. The van der Waals surface area contributed by atoms with E-state index in [1.165, 1.54) is 25.0 Å². The number of amides is 1. The molecule has 1 amide bonds. The topological polar surface area (TPSA) is 48.5 Å². The molecule has 1 saturated heterocycles. The van der Waals surface area contributed by atoms with Gasteiger partial charge in [0.25, 0.3) is 5.91 Å². The van der Waals surface area contributed by atoms with Crippen LogP contribution in [0.2, 0.25) is 0 Å². The zero-order chi connectivity index (χ0) is 23.7. The third kappa shape index (κ3) is 4.81. The number of anilines is 2. The number of likely N-dealkylation sites (tertiary alicyclic amines) is 1. The van der Waals surface area contributed by atoms with Gasteiger partial charge in [-0.05, 0) is 80.0 Å². The summed E-state index contributed by atoms with van der Waals surface area (Å²) in [5.41, 5.74) is 4.10. The molecule has 1 aliphatic rings. The molecule has 3 aromatic carbocycles. The number of nitrogens with zero attached hydrogens (tertiary/aromatic N) is 3. The molecule has 2 heterocycles. The Hall–Kier alpha value is -3.29. The molecule has 7 heteroatoms. The number of fused-ring (bicyclic) bond motifs is 1. The Balaban J connectivity index is 1.29. The van der Waals surface area contributed by atoms with Crippen LogP contribution in [0.5, 0.6) is 0 Å². The number of benzene rings is 3. The van der Waals surface area contributed by atoms with Crippen molar-refractivity contribution >= 4 is 38.3 Å². The third-order valence-electron chi connectivity index (χ3n) is 6.41. The number of carbonyl (C=O) groups is 1. The van der Waals surface area contributed by atoms with Crippen molar-refractivity contribution in [3.05, 3.63) is 78.1 Å². The van der Waals surface area contributed by atoms with E-state index in [0.717, 1.165) is 45.3 Å². The average Bonchev–Trinajstić information content (AvgIpc) is 3.27. The van der Waals surface area contributed by atoms with Crippen LogP contribution in [0.3, 0.4) is 0 Å². The first-order valence-corrected chi connectivity index (χ1v) is 12.3. The number of carbonyl (C=O) groups excluding carboxylic acids is 1. The quantitative estimate of drug-likeness (QED) is 0.392. The molecule has 1 aromatic heterocycles. The van der Waals surface area contributed by atoms with E-state index in [2.05, 4.69) is 29.2 Å². The molecule has 34 heavy (non-hydrogen) atoms. The van der Waals surface area contributed by atoms with Gasteiger partial charge >= 0.3 is 0 Å². The third-order valence-corrected chi connectivity index (χ3v) is 7.52. The number of aromatic nitrogens is 1. The minimum atomic E-state index is -0.266. The zero-order valence-electron chi connectivity index (χ0n) is 19.3. The van der Waals surface area contributed by atoms with E-state index in [-0.39, 0.29) is 11.7 Å². The van der Waals surface area contributed by atoms with E-state index >= 15 is 0 Å². The summed E-state index contributed by atoms with van der Waals surface area (Å²) in [5.74, 6) is -0.435. The van der Waals surface area contributed by atoms with Crippen LogP contribution >= 0.6 is 11.3 Å². The minimum Gasteiger partial charge on any atom is -0.347 e. The standard InChI is InChI=1S/C27H27FN4OS/c1-31-15-3-4-23(17-31)32(2)27-30-24-14-13-22(16-25(24)34-27)29-26(33)20-7-5-18(6-8-20)19-9-11-21(28)12-10-19/h5-14,16,23H,3-4,15,17H2,1-2H3,(H,29,33). The monoisotopic (exact) mass is 474 g/mol. The maximum atomic E-state index is 13.2. The number of thiazole rings is 1. The second kappa shape index (κ2) is 9.52. The smallest absolute Gasteiger partial charge is 0.255 e. The second-order valence-electron chi connectivity index (χ2n) is 8.89. The van der Waals surface area contributed by atoms with Crippen molar-refractivity contribution in [1.29, 1.82) is 0 Å². The molecule has 4 aromatic rings. The Morgan fingerprint density at radius 3 is 2.50 bits per heavy atom. The normalized spacial score (nSPS) is 16.5. The van der Waals surface area contributed by atoms with Crippen molar-refractivity contribution in [2.45, 2.75) is 18.9 Å². The summed E-state index contributed by atoms with van der Waals surface area (Å²) < 4.78 is 14.2. The van der Waals surface area contributed by atoms with Gasteiger partial charge in [0.1, 0.15) is 5.82 Å². The van der Waals surface area contributed by atoms with Crippen LogP contribution in [-0.2, 0) is 0 Å². The van der Waals surface area contributed by atoms with Gasteiger partial charge < -0.3 is 15.1 Å². The molecule has 5 rings (SSSR count). The largest absolute Gasteiger partial charge is 0.347 e. The Kier molecular flexibility index (Phi) is 6.30. The molecule has 0 spiro atoms. The van der Waals surface area contributed by atoms with E-state index in [9.17, 15) is 9.18 Å². The molecular formula is C27H27FN4OS. The average molecular weight is 475 g/mol. The van der Waals surface area contributed by atoms with Crippen LogP contribution in [-0.4, -0.2) is 49.0 Å². The second-order valence-corrected chi connectivity index (χ2v) is 9.90. The van der Waals surface area contributed by atoms with Crippen molar-refractivity contribution in [3.63, 3.8) is 0 Å². The van der Waals surface area contributed by atoms with Crippen molar-refractivity contribution in [2.24, 2.45) is 0 Å². The van der Waals surface area contributed by atoms with Crippen molar-refractivity contribution in [2.75, 3.05) is 37.4 Å². The highest BCUT2D eigenvalue weighted by molar-refractivity contribution is 7.22. The predicted molar refractivity (Wildman–Crippen MR) is 138 cm³/mol. The van der Waals surface area contributed by atoms with Crippen LogP contribution in [0.4, 0.5) is 15.2 Å². The molecule has 0 bridgehead atoms. The number of likely N-dealkylation sites (N-methyl/N-ethyl adjacent to an activating group) is 2. The first-order chi connectivity index (χ1) is 16.5. The molecule has 1 atom stereocenters. The Morgan fingerprint density at radius 2 is 1.79 bits per heavy atom. The van der Waals surface area contributed by atoms with E-state index in [1.807, 2.05) is 30.3 Å². The minimum absolute atomic E-state index is 0.169. The van der Waals surface area contributed by atoms with Crippen molar-refractivity contribution < 1.29 is 9.18 Å². The van der Waals surface area contributed by atoms with Crippen molar-refractivity contribution in [3.8, 4) is 11.1 Å². The fraction of sp³-hybridized carbons (Fsp3) is 0.259. The molecule has 0 saturated carbocycles. The number of rotatable bonds is 5. The summed E-state index contributed by atoms with van der Waals surface area (Å²) in [6.45, 7) is 2.20. The SMILES string of the molecule is CN1CCCC(N(C)c2nc3ccc(NC(=O)c4ccc(-c5ccc(F)cc5)cc4)cc3s2)C1. The lowest BCUT2D eigenvalue weighted by atomic mass is 10.0. The summed E-state index contributed by atoms with van der Waals surface area (Å²) >= 11 is 1.66. The summed E-state index contributed by atoms with van der Waals surface area (Å²) in [6, 6.07) is 20.0. The van der Waals surface area contributed by atoms with Crippen LogP contribution in [0.1, 0.15) is 23.2 Å². The Morgan fingerprint density at radius 1 is 1.09 bits per heavy atom. The maximum Gasteiger partial charge on any atom is 0.255 e. The van der Waals surface area contributed by atoms with E-state index in [0.29, 0.717) is 11.6 Å². The van der Waals surface area contributed by atoms with Crippen LogP contribution in [0.25, 0.3) is 21.3 Å². The number of hydrogen-bond donors (Lipinski definition) is 1. The molecule has 5 nitrogen and oxygen atoms in total. The Labute approximate surface area is 202 Å². The number of nitrogens with one attached hydrogen (secondary N) is 1. The highest BCUT2D eigenvalue weighted by Gasteiger charge is 2.23. The van der Waals surface area contributed by atoms with Gasteiger partial charge in [-0.25, -0.2) is 9.37 Å². The summed E-state index contributed by atoms with van der Waals surface area (Å²) in [4.78, 5) is 22.3. The highest BCUT2D eigenvalue weighted by atomic mass is 32.1. The lowest BCUT2D eigenvalue weighted by Crippen LogP contribution is -2.45. The van der Waals surface area contributed by atoms with Crippen LogP contribution < -0.4 is 10.2 Å². The lowest BCUT2D eigenvalue weighted by Gasteiger charge is -2.35. The number of hydrogen-bond acceptors (Lipinski definition) is 5. The summed E-state index contributed by atoms with van der Waals surface area (Å²) in [5, 5.41) is 4.00. The molecule has 1 N–H and O–H groups in total.